The summed E-state index contributed by atoms with van der Waals surface area (Å²) in [5, 5.41) is 5.70. The van der Waals surface area contributed by atoms with Gasteiger partial charge in [-0.15, -0.1) is 0 Å². The first kappa shape index (κ1) is 37.0. The third kappa shape index (κ3) is 4.47. The van der Waals surface area contributed by atoms with Crippen molar-refractivity contribution >= 4 is 28.8 Å². The predicted octanol–water partition coefficient (Wildman–Crippen LogP) is 11.2. The van der Waals surface area contributed by atoms with Gasteiger partial charge in [0.15, 0.2) is 8.07 Å². The molecule has 1 heterocycles. The van der Waals surface area contributed by atoms with Gasteiger partial charge in [-0.05, 0) is 87.5 Å². The molecule has 0 radical (unpaired) electrons. The van der Waals surface area contributed by atoms with E-state index in [2.05, 4.69) is 267 Å². The second-order valence-corrected chi connectivity index (χ2v) is 21.5. The maximum atomic E-state index is 2.48. The molecule has 0 fully saturated rings. The Morgan fingerprint density at radius 2 is 0.406 bits per heavy atom. The maximum Gasteiger partial charge on any atom is 0.180 e. The molecule has 0 N–H and O–H groups in total. The van der Waals surface area contributed by atoms with Gasteiger partial charge in [-0.25, -0.2) is 0 Å². The van der Waals surface area contributed by atoms with Crippen molar-refractivity contribution < 1.29 is 0 Å². The van der Waals surface area contributed by atoms with Crippen molar-refractivity contribution in [3.8, 4) is 0 Å². The number of fused-ring (bicyclic) bond motifs is 14. The van der Waals surface area contributed by atoms with Gasteiger partial charge in [0.05, 0.1) is 16.2 Å². The lowest BCUT2D eigenvalue weighted by Gasteiger charge is -2.58. The van der Waals surface area contributed by atoms with Crippen LogP contribution in [0, 0.1) is 0 Å². The minimum atomic E-state index is -2.89. The van der Waals surface area contributed by atoms with Crippen LogP contribution in [0.4, 0.5) is 0 Å². The second kappa shape index (κ2) is 14.0. The molecule has 3 aliphatic rings. The van der Waals surface area contributed by atoms with E-state index < -0.39 is 24.3 Å². The minimum absolute atomic E-state index is 0.569. The fourth-order valence-corrected chi connectivity index (χ4v) is 18.5. The summed E-state index contributed by atoms with van der Waals surface area (Å²) in [6.07, 6.45) is 0. The first-order valence-electron chi connectivity index (χ1n) is 22.6. The Morgan fingerprint density at radius 1 is 0.188 bits per heavy atom. The molecule has 10 aromatic carbocycles. The summed E-state index contributed by atoms with van der Waals surface area (Å²) >= 11 is 0. The number of rotatable bonds is 4. The minimum Gasteiger partial charge on any atom is -0.0623 e. The van der Waals surface area contributed by atoms with Crippen molar-refractivity contribution in [3.05, 3.63) is 334 Å². The summed E-state index contributed by atoms with van der Waals surface area (Å²) in [6.45, 7) is 0. The molecule has 1 heteroatoms. The van der Waals surface area contributed by atoms with Gasteiger partial charge >= 0.3 is 0 Å². The highest BCUT2D eigenvalue weighted by Gasteiger charge is 2.63. The van der Waals surface area contributed by atoms with Gasteiger partial charge in [0.2, 0.25) is 0 Å². The molecule has 2 aliphatic carbocycles. The zero-order valence-corrected chi connectivity index (χ0v) is 36.4. The first-order chi connectivity index (χ1) is 31.8. The van der Waals surface area contributed by atoms with Crippen molar-refractivity contribution in [3.63, 3.8) is 0 Å². The van der Waals surface area contributed by atoms with Crippen molar-refractivity contribution in [1.82, 2.24) is 0 Å². The maximum absolute atomic E-state index is 2.89. The SMILES string of the molecule is c1ccc(C2(c3ccccc3)c3ccccc3C3(c4ccccc42)c2ccccc2C2(c4ccccc43)c3ccccc3[Si](c3ccccc3)(c3ccccc3)c3ccccc32)cc1. The van der Waals surface area contributed by atoms with E-state index in [9.17, 15) is 0 Å². The normalized spacial score (nSPS) is 16.0. The molecule has 2 spiro atoms. The van der Waals surface area contributed by atoms with Crippen LogP contribution in [-0.4, -0.2) is 8.07 Å². The molecule has 300 valence electrons. The van der Waals surface area contributed by atoms with E-state index in [-0.39, 0.29) is 0 Å². The molecule has 64 heavy (non-hydrogen) atoms. The fraction of sp³-hybridized carbons (Fsp3) is 0.0476. The van der Waals surface area contributed by atoms with E-state index in [0.29, 0.717) is 0 Å². The van der Waals surface area contributed by atoms with Gasteiger partial charge < -0.3 is 0 Å². The molecule has 0 atom stereocenters. The van der Waals surface area contributed by atoms with Crippen LogP contribution in [0.15, 0.2) is 267 Å². The predicted molar refractivity (Wildman–Crippen MR) is 266 cm³/mol. The van der Waals surface area contributed by atoms with Gasteiger partial charge in [0.25, 0.3) is 0 Å². The summed E-state index contributed by atoms with van der Waals surface area (Å²) in [4.78, 5) is 0. The molecule has 0 saturated carbocycles. The Balaban J connectivity index is 1.21. The fourth-order valence-electron chi connectivity index (χ4n) is 13.2. The third-order valence-corrected chi connectivity index (χ3v) is 20.1. The molecular formula is C63H44Si. The number of benzene rings is 10. The van der Waals surface area contributed by atoms with Crippen LogP contribution in [0.1, 0.15) is 66.8 Å². The number of hydrogen-bond donors (Lipinski definition) is 0. The molecule has 1 aliphatic heterocycles. The molecule has 0 aromatic heterocycles. The Hall–Kier alpha value is -7.58. The molecule has 10 aromatic rings. The van der Waals surface area contributed by atoms with E-state index in [1.54, 1.807) is 0 Å². The lowest BCUT2D eigenvalue weighted by atomic mass is 9.45. The van der Waals surface area contributed by atoms with Crippen LogP contribution in [0.5, 0.6) is 0 Å². The topological polar surface area (TPSA) is 0 Å². The molecule has 0 nitrogen and oxygen atoms in total. The Bertz CT molecular complexity index is 2930. The van der Waals surface area contributed by atoms with Crippen LogP contribution < -0.4 is 20.7 Å². The zero-order valence-electron chi connectivity index (χ0n) is 35.4. The van der Waals surface area contributed by atoms with Crippen LogP contribution in [0.2, 0.25) is 0 Å². The first-order valence-corrected chi connectivity index (χ1v) is 24.6. The van der Waals surface area contributed by atoms with E-state index in [4.69, 9.17) is 0 Å². The van der Waals surface area contributed by atoms with Crippen molar-refractivity contribution in [2.24, 2.45) is 0 Å². The number of hydrogen-bond acceptors (Lipinski definition) is 0. The molecule has 0 amide bonds. The monoisotopic (exact) mass is 828 g/mol. The van der Waals surface area contributed by atoms with Crippen LogP contribution in [0.3, 0.4) is 0 Å². The molecular weight excluding hydrogens is 785 g/mol. The second-order valence-electron chi connectivity index (χ2n) is 17.7. The Kier molecular flexibility index (Phi) is 8.07. The molecule has 0 bridgehead atoms. The highest BCUT2D eigenvalue weighted by molar-refractivity contribution is 7.20. The van der Waals surface area contributed by atoms with Gasteiger partial charge in [0, 0.05) is 0 Å². The van der Waals surface area contributed by atoms with E-state index >= 15 is 0 Å². The molecule has 0 saturated heterocycles. The van der Waals surface area contributed by atoms with E-state index in [0.717, 1.165) is 0 Å². The average molecular weight is 829 g/mol. The van der Waals surface area contributed by atoms with Crippen molar-refractivity contribution in [2.75, 3.05) is 0 Å². The molecule has 13 rings (SSSR count). The highest BCUT2D eigenvalue weighted by Crippen LogP contribution is 2.66. The summed E-state index contributed by atoms with van der Waals surface area (Å²) in [5.41, 5.74) is 14.1. The Labute approximate surface area is 376 Å². The smallest absolute Gasteiger partial charge is 0.0623 e. The highest BCUT2D eigenvalue weighted by atomic mass is 28.3. The largest absolute Gasteiger partial charge is 0.180 e. The summed E-state index contributed by atoms with van der Waals surface area (Å²) in [6, 6.07) is 102. The van der Waals surface area contributed by atoms with Crippen LogP contribution >= 0.6 is 0 Å². The summed E-state index contributed by atoms with van der Waals surface area (Å²) in [7, 11) is -2.89. The summed E-state index contributed by atoms with van der Waals surface area (Å²) in [5.74, 6) is 0. The molecule has 0 unspecified atom stereocenters. The van der Waals surface area contributed by atoms with E-state index in [1.165, 1.54) is 87.5 Å². The average Bonchev–Trinajstić information content (AvgIpc) is 3.38. The van der Waals surface area contributed by atoms with E-state index in [1.807, 2.05) is 0 Å². The standard InChI is InChI=1S/C63H44Si/c1-5-25-45(26-6-1)61(46-27-7-2-8-28-46)49-33-13-15-35-51(49)62(52-36-16-14-34-50(52)61)53-37-17-19-39-55(53)63(56-40-20-18-38-54(56)62)57-41-21-23-43-59(57)64(47-29-9-3-10-30-47,48-31-11-4-12-32-48)60-44-24-22-42-58(60)63/h1-44H. The third-order valence-electron chi connectivity index (χ3n) is 15.2. The Morgan fingerprint density at radius 3 is 0.719 bits per heavy atom. The van der Waals surface area contributed by atoms with Crippen LogP contribution in [0.25, 0.3) is 0 Å². The zero-order chi connectivity index (χ0) is 42.4. The van der Waals surface area contributed by atoms with Crippen molar-refractivity contribution in [2.45, 2.75) is 16.2 Å². The quantitative estimate of drug-likeness (QED) is 0.155. The van der Waals surface area contributed by atoms with Gasteiger partial charge in [-0.2, -0.15) is 0 Å². The van der Waals surface area contributed by atoms with Crippen LogP contribution in [-0.2, 0) is 16.2 Å². The lowest BCUT2D eigenvalue weighted by molar-refractivity contribution is 0.568. The van der Waals surface area contributed by atoms with Crippen molar-refractivity contribution in [1.29, 1.82) is 0 Å². The summed E-state index contributed by atoms with van der Waals surface area (Å²) < 4.78 is 0. The van der Waals surface area contributed by atoms with Gasteiger partial charge in [-0.3, -0.25) is 0 Å². The lowest BCUT2D eigenvalue weighted by Crippen LogP contribution is -2.79. The van der Waals surface area contributed by atoms with Gasteiger partial charge in [0.1, 0.15) is 0 Å². The van der Waals surface area contributed by atoms with Gasteiger partial charge in [-0.1, -0.05) is 267 Å².